The Balaban J connectivity index is 2.24. The maximum Gasteiger partial charge on any atom is 0.228 e. The molecule has 1 amide bonds. The van der Waals surface area contributed by atoms with Gasteiger partial charge in [0, 0.05) is 0 Å². The summed E-state index contributed by atoms with van der Waals surface area (Å²) in [7, 11) is -3.20. The van der Waals surface area contributed by atoms with Crippen molar-refractivity contribution < 1.29 is 22.8 Å². The number of nitrogens with zero attached hydrogens (tertiary/aromatic N) is 1. The number of anilines is 1. The molecule has 1 fully saturated rings. The Morgan fingerprint density at radius 1 is 1.48 bits per heavy atom. The summed E-state index contributed by atoms with van der Waals surface area (Å²) in [4.78, 5) is 12.0. The lowest BCUT2D eigenvalue weighted by atomic mass is 10.1. The lowest BCUT2D eigenvalue weighted by Gasteiger charge is -2.13. The van der Waals surface area contributed by atoms with Crippen LogP contribution in [0.4, 0.5) is 10.1 Å². The first-order chi connectivity index (χ1) is 9.84. The number of carbonyl (C=O) groups is 1. The highest BCUT2D eigenvalue weighted by molar-refractivity contribution is 7.91. The van der Waals surface area contributed by atoms with Crippen LogP contribution in [-0.2, 0) is 14.6 Å². The van der Waals surface area contributed by atoms with Crippen LogP contribution < -0.4 is 11.1 Å². The summed E-state index contributed by atoms with van der Waals surface area (Å²) in [5.74, 6) is -2.73. The van der Waals surface area contributed by atoms with E-state index in [1.807, 2.05) is 0 Å². The van der Waals surface area contributed by atoms with Gasteiger partial charge in [0.15, 0.2) is 15.7 Å². The van der Waals surface area contributed by atoms with Gasteiger partial charge in [0.05, 0.1) is 28.7 Å². The molecule has 1 aliphatic heterocycles. The Bertz CT molecular complexity index is 702. The summed E-state index contributed by atoms with van der Waals surface area (Å²) in [6.45, 7) is 0. The molecule has 4 N–H and O–H groups in total. The molecule has 1 atom stereocenters. The van der Waals surface area contributed by atoms with Gasteiger partial charge in [0.25, 0.3) is 0 Å². The fourth-order valence-electron chi connectivity index (χ4n) is 2.18. The average Bonchev–Trinajstić information content (AvgIpc) is 2.78. The van der Waals surface area contributed by atoms with E-state index in [1.165, 1.54) is 12.1 Å². The van der Waals surface area contributed by atoms with Gasteiger partial charge in [-0.2, -0.15) is 0 Å². The number of hydrogen-bond donors (Lipinski definition) is 3. The number of rotatable bonds is 3. The molecule has 1 unspecified atom stereocenters. The van der Waals surface area contributed by atoms with Crippen molar-refractivity contribution in [3.05, 3.63) is 29.6 Å². The maximum atomic E-state index is 13.7. The Hall–Kier alpha value is -2.16. The normalized spacial score (nSPS) is 21.2. The van der Waals surface area contributed by atoms with Crippen molar-refractivity contribution in [2.45, 2.75) is 6.42 Å². The largest absolute Gasteiger partial charge is 0.409 e. The van der Waals surface area contributed by atoms with E-state index in [1.54, 1.807) is 0 Å². The van der Waals surface area contributed by atoms with Crippen LogP contribution in [0.25, 0.3) is 0 Å². The van der Waals surface area contributed by atoms with Gasteiger partial charge in [-0.1, -0.05) is 11.2 Å². The van der Waals surface area contributed by atoms with Gasteiger partial charge in [0.2, 0.25) is 5.91 Å². The molecule has 0 bridgehead atoms. The Morgan fingerprint density at radius 3 is 2.76 bits per heavy atom. The quantitative estimate of drug-likeness (QED) is 0.320. The smallest absolute Gasteiger partial charge is 0.228 e. The summed E-state index contributed by atoms with van der Waals surface area (Å²) in [5, 5.41) is 13.8. The molecule has 0 radical (unpaired) electrons. The summed E-state index contributed by atoms with van der Waals surface area (Å²) >= 11 is 0. The molecule has 1 aromatic carbocycles. The molecule has 21 heavy (non-hydrogen) atoms. The summed E-state index contributed by atoms with van der Waals surface area (Å²) in [5.41, 5.74) is 5.17. The number of amides is 1. The maximum absolute atomic E-state index is 13.7. The average molecular weight is 315 g/mol. The molecule has 1 heterocycles. The molecule has 0 spiro atoms. The third kappa shape index (κ3) is 3.30. The van der Waals surface area contributed by atoms with Crippen LogP contribution in [0, 0.1) is 11.7 Å². The first kappa shape index (κ1) is 15.2. The Labute approximate surface area is 120 Å². The van der Waals surface area contributed by atoms with Crippen LogP contribution in [0.1, 0.15) is 12.0 Å². The number of nitrogens with one attached hydrogen (secondary N) is 1. The van der Waals surface area contributed by atoms with Crippen LogP contribution in [-0.4, -0.2) is 36.9 Å². The van der Waals surface area contributed by atoms with E-state index in [2.05, 4.69) is 10.5 Å². The van der Waals surface area contributed by atoms with Crippen molar-refractivity contribution in [3.8, 4) is 0 Å². The van der Waals surface area contributed by atoms with E-state index in [0.29, 0.717) is 0 Å². The van der Waals surface area contributed by atoms with E-state index in [9.17, 15) is 17.6 Å². The second-order valence-electron chi connectivity index (χ2n) is 4.74. The highest BCUT2D eigenvalue weighted by atomic mass is 32.2. The zero-order chi connectivity index (χ0) is 15.6. The predicted octanol–water partition coefficient (Wildman–Crippen LogP) is 0.293. The highest BCUT2D eigenvalue weighted by Crippen LogP contribution is 2.23. The van der Waals surface area contributed by atoms with E-state index >= 15 is 0 Å². The van der Waals surface area contributed by atoms with Crippen molar-refractivity contribution in [2.24, 2.45) is 16.8 Å². The second kappa shape index (κ2) is 5.68. The fraction of sp³-hybridized carbons (Fsp3) is 0.333. The number of amidine groups is 1. The molecule has 1 aromatic rings. The third-order valence-corrected chi connectivity index (χ3v) is 5.01. The minimum Gasteiger partial charge on any atom is -0.409 e. The van der Waals surface area contributed by atoms with E-state index in [0.717, 1.165) is 6.07 Å². The lowest BCUT2D eigenvalue weighted by Crippen LogP contribution is -2.26. The van der Waals surface area contributed by atoms with Crippen molar-refractivity contribution >= 4 is 27.3 Å². The molecular formula is C12H14FN3O4S. The Morgan fingerprint density at radius 2 is 2.19 bits per heavy atom. The van der Waals surface area contributed by atoms with Crippen LogP contribution in [0.5, 0.6) is 0 Å². The van der Waals surface area contributed by atoms with Gasteiger partial charge in [-0.25, -0.2) is 12.8 Å². The summed E-state index contributed by atoms with van der Waals surface area (Å²) < 4.78 is 36.4. The molecule has 114 valence electrons. The topological polar surface area (TPSA) is 122 Å². The fourth-order valence-corrected chi connectivity index (χ4v) is 3.92. The standard InChI is InChI=1S/C12H14FN3O4S/c13-8-2-1-3-9(10(8)11(14)16-18)15-12(17)7-4-5-21(19,20)6-7/h1-3,7,18H,4-6H2,(H2,14,16)(H,15,17). The molecule has 1 aliphatic rings. The molecule has 7 nitrogen and oxygen atoms in total. The SMILES string of the molecule is NC(=NO)c1c(F)cccc1NC(=O)C1CCS(=O)(=O)C1. The molecular weight excluding hydrogens is 301 g/mol. The van der Waals surface area contributed by atoms with Gasteiger partial charge in [-0.15, -0.1) is 0 Å². The minimum atomic E-state index is -3.20. The highest BCUT2D eigenvalue weighted by Gasteiger charge is 2.33. The van der Waals surface area contributed by atoms with Crippen LogP contribution in [0.3, 0.4) is 0 Å². The van der Waals surface area contributed by atoms with Crippen LogP contribution in [0.2, 0.25) is 0 Å². The number of carbonyl (C=O) groups excluding carboxylic acids is 1. The first-order valence-electron chi connectivity index (χ1n) is 6.12. The van der Waals surface area contributed by atoms with E-state index in [4.69, 9.17) is 10.9 Å². The van der Waals surface area contributed by atoms with E-state index < -0.39 is 33.3 Å². The van der Waals surface area contributed by atoms with Gasteiger partial charge in [-0.3, -0.25) is 4.79 Å². The molecule has 2 rings (SSSR count). The lowest BCUT2D eigenvalue weighted by molar-refractivity contribution is -0.119. The van der Waals surface area contributed by atoms with Gasteiger partial charge in [-0.05, 0) is 18.6 Å². The summed E-state index contributed by atoms with van der Waals surface area (Å²) in [6, 6.07) is 3.84. The number of oxime groups is 1. The summed E-state index contributed by atoms with van der Waals surface area (Å²) in [6.07, 6.45) is 0.225. The van der Waals surface area contributed by atoms with Crippen molar-refractivity contribution in [2.75, 3.05) is 16.8 Å². The Kier molecular flexibility index (Phi) is 4.12. The van der Waals surface area contributed by atoms with Gasteiger partial charge >= 0.3 is 0 Å². The van der Waals surface area contributed by atoms with Crippen LogP contribution in [0.15, 0.2) is 23.4 Å². The number of nitrogens with two attached hydrogens (primary N) is 1. The molecule has 0 aromatic heterocycles. The number of sulfone groups is 1. The zero-order valence-corrected chi connectivity index (χ0v) is 11.7. The monoisotopic (exact) mass is 315 g/mol. The molecule has 1 saturated heterocycles. The van der Waals surface area contributed by atoms with Gasteiger partial charge < -0.3 is 16.3 Å². The number of halogens is 1. The second-order valence-corrected chi connectivity index (χ2v) is 6.97. The zero-order valence-electron chi connectivity index (χ0n) is 10.9. The molecule has 0 aliphatic carbocycles. The van der Waals surface area contributed by atoms with E-state index in [-0.39, 0.29) is 29.2 Å². The third-order valence-electron chi connectivity index (χ3n) is 3.24. The van der Waals surface area contributed by atoms with Crippen LogP contribution >= 0.6 is 0 Å². The number of hydrogen-bond acceptors (Lipinski definition) is 5. The van der Waals surface area contributed by atoms with Gasteiger partial charge in [0.1, 0.15) is 5.82 Å². The van der Waals surface area contributed by atoms with Crippen molar-refractivity contribution in [3.63, 3.8) is 0 Å². The first-order valence-corrected chi connectivity index (χ1v) is 7.94. The molecule has 0 saturated carbocycles. The molecule has 9 heteroatoms. The number of benzene rings is 1. The predicted molar refractivity (Wildman–Crippen MR) is 74.3 cm³/mol. The van der Waals surface area contributed by atoms with Crippen molar-refractivity contribution in [1.29, 1.82) is 0 Å². The minimum absolute atomic E-state index is 0.0274. The van der Waals surface area contributed by atoms with Crippen molar-refractivity contribution in [1.82, 2.24) is 0 Å².